The van der Waals surface area contributed by atoms with Crippen LogP contribution in [0.1, 0.15) is 29.8 Å². The highest BCUT2D eigenvalue weighted by molar-refractivity contribution is 5.90. The Balaban J connectivity index is 2.41. The molecule has 1 aromatic rings. The molecule has 104 valence electrons. The van der Waals surface area contributed by atoms with Crippen molar-refractivity contribution in [2.75, 3.05) is 14.2 Å². The van der Waals surface area contributed by atoms with Gasteiger partial charge in [0.25, 0.3) is 0 Å². The number of carbonyl (C=O) groups is 1. The number of ether oxygens (including phenoxy) is 3. The van der Waals surface area contributed by atoms with Gasteiger partial charge in [0.1, 0.15) is 6.10 Å². The second-order valence-electron chi connectivity index (χ2n) is 5.12. The lowest BCUT2D eigenvalue weighted by Gasteiger charge is -2.24. The van der Waals surface area contributed by atoms with Crippen LogP contribution in [-0.4, -0.2) is 37.0 Å². The minimum absolute atomic E-state index is 0.357. The van der Waals surface area contributed by atoms with E-state index >= 15 is 0 Å². The van der Waals surface area contributed by atoms with E-state index < -0.39 is 11.6 Å². The molecule has 0 saturated carbocycles. The number of fused-ring (bicyclic) bond motifs is 1. The van der Waals surface area contributed by atoms with Crippen molar-refractivity contribution >= 4 is 5.97 Å². The highest BCUT2D eigenvalue weighted by Crippen LogP contribution is 2.41. The van der Waals surface area contributed by atoms with Gasteiger partial charge >= 0.3 is 5.97 Å². The first-order valence-electron chi connectivity index (χ1n) is 6.05. The first-order chi connectivity index (χ1) is 8.86. The summed E-state index contributed by atoms with van der Waals surface area (Å²) in [4.78, 5) is 11.6. The van der Waals surface area contributed by atoms with Crippen molar-refractivity contribution in [3.05, 3.63) is 23.3 Å². The maximum atomic E-state index is 11.6. The summed E-state index contributed by atoms with van der Waals surface area (Å²) in [7, 11) is 2.84. The minimum Gasteiger partial charge on any atom is -0.493 e. The Hall–Kier alpha value is -1.75. The molecule has 1 heterocycles. The van der Waals surface area contributed by atoms with E-state index in [1.54, 1.807) is 26.0 Å². The molecule has 0 unspecified atom stereocenters. The maximum Gasteiger partial charge on any atom is 0.337 e. The summed E-state index contributed by atoms with van der Waals surface area (Å²) in [6.07, 6.45) is 0.171. The topological polar surface area (TPSA) is 65.0 Å². The highest BCUT2D eigenvalue weighted by Gasteiger charge is 2.37. The van der Waals surface area contributed by atoms with Crippen LogP contribution in [-0.2, 0) is 11.2 Å². The van der Waals surface area contributed by atoms with Crippen LogP contribution in [0.2, 0.25) is 0 Å². The van der Waals surface area contributed by atoms with Crippen LogP contribution in [0.4, 0.5) is 0 Å². The van der Waals surface area contributed by atoms with E-state index in [4.69, 9.17) is 14.2 Å². The summed E-state index contributed by atoms with van der Waals surface area (Å²) in [5.74, 6) is 0.639. The molecule has 1 N–H and O–H groups in total. The second kappa shape index (κ2) is 4.74. The molecule has 2 rings (SSSR count). The average molecular weight is 266 g/mol. The number of aliphatic hydroxyl groups is 1. The van der Waals surface area contributed by atoms with Crippen molar-refractivity contribution in [2.45, 2.75) is 32.0 Å². The number of benzene rings is 1. The fourth-order valence-electron chi connectivity index (χ4n) is 2.11. The number of hydrogen-bond acceptors (Lipinski definition) is 5. The van der Waals surface area contributed by atoms with E-state index in [1.165, 1.54) is 14.2 Å². The van der Waals surface area contributed by atoms with Crippen molar-refractivity contribution in [1.82, 2.24) is 0 Å². The summed E-state index contributed by atoms with van der Waals surface area (Å²) in [5, 5.41) is 10.0. The minimum atomic E-state index is -0.963. The molecule has 1 aliphatic rings. The van der Waals surface area contributed by atoms with E-state index in [0.29, 0.717) is 23.5 Å². The highest BCUT2D eigenvalue weighted by atomic mass is 16.5. The molecule has 19 heavy (non-hydrogen) atoms. The third-order valence-corrected chi connectivity index (χ3v) is 3.23. The third-order valence-electron chi connectivity index (χ3n) is 3.23. The molecule has 0 aromatic heterocycles. The lowest BCUT2D eigenvalue weighted by atomic mass is 9.96. The van der Waals surface area contributed by atoms with E-state index in [9.17, 15) is 9.90 Å². The lowest BCUT2D eigenvalue weighted by Crippen LogP contribution is -2.39. The summed E-state index contributed by atoms with van der Waals surface area (Å²) >= 11 is 0. The number of rotatable bonds is 3. The number of hydrogen-bond donors (Lipinski definition) is 1. The molecule has 0 amide bonds. The summed E-state index contributed by atoms with van der Waals surface area (Å²) in [6, 6.07) is 3.30. The van der Waals surface area contributed by atoms with E-state index in [-0.39, 0.29) is 6.10 Å². The van der Waals surface area contributed by atoms with Crippen molar-refractivity contribution in [1.29, 1.82) is 0 Å². The van der Waals surface area contributed by atoms with Crippen LogP contribution >= 0.6 is 0 Å². The van der Waals surface area contributed by atoms with Crippen LogP contribution in [0.5, 0.6) is 11.5 Å². The fourth-order valence-corrected chi connectivity index (χ4v) is 2.11. The third kappa shape index (κ3) is 2.51. The van der Waals surface area contributed by atoms with Crippen molar-refractivity contribution in [3.8, 4) is 11.5 Å². The van der Waals surface area contributed by atoms with Gasteiger partial charge in [-0.1, -0.05) is 0 Å². The quantitative estimate of drug-likeness (QED) is 0.841. The molecule has 0 spiro atoms. The molecule has 1 atom stereocenters. The van der Waals surface area contributed by atoms with Crippen molar-refractivity contribution in [2.24, 2.45) is 0 Å². The first-order valence-corrected chi connectivity index (χ1v) is 6.05. The van der Waals surface area contributed by atoms with Crippen molar-refractivity contribution in [3.63, 3.8) is 0 Å². The second-order valence-corrected chi connectivity index (χ2v) is 5.12. The predicted molar refractivity (Wildman–Crippen MR) is 68.8 cm³/mol. The molecular weight excluding hydrogens is 248 g/mol. The molecule has 0 aliphatic carbocycles. The van der Waals surface area contributed by atoms with E-state index in [1.807, 2.05) is 0 Å². The van der Waals surface area contributed by atoms with Gasteiger partial charge in [-0.3, -0.25) is 0 Å². The molecule has 1 aliphatic heterocycles. The molecule has 0 bridgehead atoms. The van der Waals surface area contributed by atoms with E-state index in [0.717, 1.165) is 5.56 Å². The summed E-state index contributed by atoms with van der Waals surface area (Å²) in [5.41, 5.74) is 0.292. The van der Waals surface area contributed by atoms with Gasteiger partial charge in [-0.2, -0.15) is 0 Å². The standard InChI is InChI=1S/C14H18O5/c1-14(2,16)11-7-8-5-9(13(15)18-4)6-10(17-3)12(8)19-11/h5-6,11,16H,7H2,1-4H3/t11-/m0/s1. The number of carbonyl (C=O) groups excluding carboxylic acids is 1. The lowest BCUT2D eigenvalue weighted by molar-refractivity contribution is -0.0235. The van der Waals surface area contributed by atoms with Crippen LogP contribution in [0.3, 0.4) is 0 Å². The zero-order chi connectivity index (χ0) is 14.2. The van der Waals surface area contributed by atoms with Crippen LogP contribution in [0, 0.1) is 0 Å². The van der Waals surface area contributed by atoms with Crippen LogP contribution in [0.25, 0.3) is 0 Å². The van der Waals surface area contributed by atoms with Gasteiger partial charge in [0.05, 0.1) is 25.4 Å². The first kappa shape index (κ1) is 13.7. The van der Waals surface area contributed by atoms with Crippen LogP contribution in [0.15, 0.2) is 12.1 Å². The maximum absolute atomic E-state index is 11.6. The monoisotopic (exact) mass is 266 g/mol. The van der Waals surface area contributed by atoms with E-state index in [2.05, 4.69) is 0 Å². The van der Waals surface area contributed by atoms with Gasteiger partial charge in [0, 0.05) is 12.0 Å². The van der Waals surface area contributed by atoms with Gasteiger partial charge in [-0.25, -0.2) is 4.79 Å². The summed E-state index contributed by atoms with van der Waals surface area (Å²) in [6.45, 7) is 3.38. The zero-order valence-electron chi connectivity index (χ0n) is 11.5. The van der Waals surface area contributed by atoms with Crippen LogP contribution < -0.4 is 9.47 Å². The molecule has 5 heteroatoms. The molecule has 5 nitrogen and oxygen atoms in total. The Morgan fingerprint density at radius 3 is 2.63 bits per heavy atom. The van der Waals surface area contributed by atoms with Gasteiger partial charge < -0.3 is 19.3 Å². The summed E-state index contributed by atoms with van der Waals surface area (Å²) < 4.78 is 15.7. The molecule has 1 aromatic carbocycles. The van der Waals surface area contributed by atoms with Gasteiger partial charge in [0.2, 0.25) is 0 Å². The van der Waals surface area contributed by atoms with Gasteiger partial charge in [-0.15, -0.1) is 0 Å². The normalized spacial score (nSPS) is 17.6. The molecular formula is C14H18O5. The average Bonchev–Trinajstić information content (AvgIpc) is 2.80. The zero-order valence-corrected chi connectivity index (χ0v) is 11.5. The SMILES string of the molecule is COC(=O)c1cc2c(c(OC)c1)O[C@H](C(C)(C)O)C2. The predicted octanol–water partition coefficient (Wildman–Crippen LogP) is 1.56. The fraction of sp³-hybridized carbons (Fsp3) is 0.500. The largest absolute Gasteiger partial charge is 0.493 e. The number of methoxy groups -OCH3 is 2. The molecule has 0 saturated heterocycles. The smallest absolute Gasteiger partial charge is 0.337 e. The molecule has 0 fully saturated rings. The van der Waals surface area contributed by atoms with Gasteiger partial charge in [-0.05, 0) is 26.0 Å². The number of esters is 1. The Kier molecular flexibility index (Phi) is 3.41. The Bertz CT molecular complexity index is 501. The van der Waals surface area contributed by atoms with Gasteiger partial charge in [0.15, 0.2) is 11.5 Å². The Morgan fingerprint density at radius 2 is 2.11 bits per heavy atom. The Labute approximate surface area is 112 Å². The molecule has 0 radical (unpaired) electrons. The van der Waals surface area contributed by atoms with Crippen molar-refractivity contribution < 1.29 is 24.1 Å². The Morgan fingerprint density at radius 1 is 1.42 bits per heavy atom.